The van der Waals surface area contributed by atoms with E-state index < -0.39 is 5.92 Å². The van der Waals surface area contributed by atoms with Crippen LogP contribution in [-0.2, 0) is 20.7 Å². The van der Waals surface area contributed by atoms with E-state index in [1.807, 2.05) is 18.4 Å². The van der Waals surface area contributed by atoms with Gasteiger partial charge in [-0.2, -0.15) is 5.26 Å². The number of nitrogens with zero attached hydrogens (tertiary/aromatic N) is 3. The van der Waals surface area contributed by atoms with E-state index in [2.05, 4.69) is 9.97 Å². The third-order valence-corrected chi connectivity index (χ3v) is 5.95. The third kappa shape index (κ3) is 5.12. The largest absolute Gasteiger partial charge is 0.466 e. The fraction of sp³-hybridized carbons (Fsp3) is 0.400. The second-order valence-electron chi connectivity index (χ2n) is 4.73. The smallest absolute Gasteiger partial charge is 0.311 e. The second-order valence-corrected chi connectivity index (χ2v) is 7.70. The minimum absolute atomic E-state index is 0.123. The number of Topliss-reactive ketones (excluding diaryl/α,β-unsaturated/α-hetero) is 1. The van der Waals surface area contributed by atoms with Crippen molar-refractivity contribution in [2.75, 3.05) is 12.4 Å². The van der Waals surface area contributed by atoms with Crippen molar-refractivity contribution in [2.45, 2.75) is 30.5 Å². The Morgan fingerprint density at radius 2 is 2.17 bits per heavy atom. The van der Waals surface area contributed by atoms with E-state index in [1.54, 1.807) is 12.3 Å². The quantitative estimate of drug-likeness (QED) is 0.512. The number of carbonyl (C=O) groups is 2. The van der Waals surface area contributed by atoms with Crippen LogP contribution >= 0.6 is 34.4 Å². The molecular weight excluding hydrogens is 366 g/mol. The maximum atomic E-state index is 12.3. The van der Waals surface area contributed by atoms with E-state index in [4.69, 9.17) is 4.74 Å². The summed E-state index contributed by atoms with van der Waals surface area (Å²) < 4.78 is 5.56. The Balaban J connectivity index is 1.91. The average Bonchev–Trinajstić information content (AvgIpc) is 3.15. The molecule has 0 aliphatic heterocycles. The van der Waals surface area contributed by atoms with Gasteiger partial charge < -0.3 is 4.74 Å². The maximum Gasteiger partial charge on any atom is 0.311 e. The number of hydrogen-bond donors (Lipinski definition) is 0. The zero-order valence-corrected chi connectivity index (χ0v) is 15.6. The lowest BCUT2D eigenvalue weighted by atomic mass is 10.1. The summed E-state index contributed by atoms with van der Waals surface area (Å²) in [5.41, 5.74) is 1.43. The third-order valence-electron chi connectivity index (χ3n) is 2.83. The zero-order valence-electron chi connectivity index (χ0n) is 13.1. The molecule has 2 aromatic heterocycles. The van der Waals surface area contributed by atoms with Gasteiger partial charge in [-0.05, 0) is 13.8 Å². The van der Waals surface area contributed by atoms with Gasteiger partial charge in [0.15, 0.2) is 16.0 Å². The molecule has 0 aromatic carbocycles. The van der Waals surface area contributed by atoms with Crippen LogP contribution in [0.2, 0.25) is 0 Å². The van der Waals surface area contributed by atoms with Crippen molar-refractivity contribution in [3.8, 4) is 6.07 Å². The molecule has 2 rings (SSSR count). The van der Waals surface area contributed by atoms with Gasteiger partial charge >= 0.3 is 5.97 Å². The summed E-state index contributed by atoms with van der Waals surface area (Å²) in [4.78, 5) is 32.2. The van der Waals surface area contributed by atoms with Gasteiger partial charge in [0.05, 0.1) is 30.5 Å². The Kier molecular flexibility index (Phi) is 6.90. The number of rotatable bonds is 8. The number of nitriles is 1. The predicted octanol–water partition coefficient (Wildman–Crippen LogP) is 2.98. The van der Waals surface area contributed by atoms with Crippen molar-refractivity contribution in [1.82, 2.24) is 9.97 Å². The summed E-state index contributed by atoms with van der Waals surface area (Å²) in [5.74, 6) is -1.21. The number of thiazole rings is 2. The van der Waals surface area contributed by atoms with Gasteiger partial charge in [-0.25, -0.2) is 9.97 Å². The normalized spacial score (nSPS) is 11.7. The number of aromatic nitrogens is 2. The summed E-state index contributed by atoms with van der Waals surface area (Å²) in [5, 5.41) is 13.4. The van der Waals surface area contributed by atoms with E-state index in [0.29, 0.717) is 21.6 Å². The van der Waals surface area contributed by atoms with Crippen LogP contribution in [0.1, 0.15) is 29.2 Å². The van der Waals surface area contributed by atoms with Gasteiger partial charge in [0.25, 0.3) is 0 Å². The molecule has 24 heavy (non-hydrogen) atoms. The van der Waals surface area contributed by atoms with Crippen molar-refractivity contribution in [1.29, 1.82) is 5.26 Å². The molecule has 0 saturated carbocycles. The van der Waals surface area contributed by atoms with Gasteiger partial charge in [-0.1, -0.05) is 11.8 Å². The lowest BCUT2D eigenvalue weighted by Gasteiger charge is -2.03. The zero-order chi connectivity index (χ0) is 17.5. The van der Waals surface area contributed by atoms with Gasteiger partial charge in [0.1, 0.15) is 5.01 Å². The van der Waals surface area contributed by atoms with Crippen LogP contribution in [0.4, 0.5) is 0 Å². The topological polar surface area (TPSA) is 92.9 Å². The summed E-state index contributed by atoms with van der Waals surface area (Å²) in [6.07, 6.45) is 0.123. The molecule has 0 amide bonds. The molecule has 0 unspecified atom stereocenters. The Labute approximate surface area is 151 Å². The monoisotopic (exact) mass is 381 g/mol. The Morgan fingerprint density at radius 1 is 1.38 bits per heavy atom. The van der Waals surface area contributed by atoms with Crippen molar-refractivity contribution >= 4 is 46.2 Å². The number of esters is 1. The first-order valence-electron chi connectivity index (χ1n) is 7.10. The summed E-state index contributed by atoms with van der Waals surface area (Å²) in [6.45, 7) is 3.92. The van der Waals surface area contributed by atoms with Gasteiger partial charge in [0, 0.05) is 16.5 Å². The van der Waals surface area contributed by atoms with Crippen molar-refractivity contribution in [2.24, 2.45) is 0 Å². The highest BCUT2D eigenvalue weighted by Gasteiger charge is 2.23. The molecule has 0 saturated heterocycles. The number of ether oxygens (including phenoxy) is 1. The molecule has 0 aliphatic rings. The Hall–Kier alpha value is -1.76. The summed E-state index contributed by atoms with van der Waals surface area (Å²) in [6, 6.07) is 2.02. The van der Waals surface area contributed by atoms with Crippen LogP contribution in [0.25, 0.3) is 0 Å². The molecule has 0 radical (unpaired) electrons. The van der Waals surface area contributed by atoms with Gasteiger partial charge in [-0.3, -0.25) is 9.59 Å². The highest BCUT2D eigenvalue weighted by atomic mass is 32.2. The van der Waals surface area contributed by atoms with Crippen LogP contribution in [0.3, 0.4) is 0 Å². The molecular formula is C15H15N3O3S3. The molecule has 1 atom stereocenters. The molecule has 126 valence electrons. The molecule has 2 heterocycles. The molecule has 0 N–H and O–H groups in total. The molecule has 0 fully saturated rings. The number of ketones is 1. The van der Waals surface area contributed by atoms with E-state index in [0.717, 1.165) is 5.69 Å². The fourth-order valence-electron chi connectivity index (χ4n) is 1.78. The lowest BCUT2D eigenvalue weighted by molar-refractivity contribution is -0.142. The maximum absolute atomic E-state index is 12.3. The van der Waals surface area contributed by atoms with Gasteiger partial charge in [-0.15, -0.1) is 22.7 Å². The molecule has 2 aromatic rings. The van der Waals surface area contributed by atoms with E-state index >= 15 is 0 Å². The number of thioether (sulfide) groups is 1. The van der Waals surface area contributed by atoms with Crippen molar-refractivity contribution in [3.63, 3.8) is 0 Å². The van der Waals surface area contributed by atoms with Crippen LogP contribution in [-0.4, -0.2) is 34.1 Å². The van der Waals surface area contributed by atoms with Crippen LogP contribution in [0.5, 0.6) is 0 Å². The highest BCUT2D eigenvalue weighted by Crippen LogP contribution is 2.27. The first kappa shape index (κ1) is 18.6. The molecule has 0 bridgehead atoms. The highest BCUT2D eigenvalue weighted by molar-refractivity contribution is 8.01. The molecule has 0 aliphatic carbocycles. The first-order chi connectivity index (χ1) is 11.5. The minimum Gasteiger partial charge on any atom is -0.466 e. The predicted molar refractivity (Wildman–Crippen MR) is 93.4 cm³/mol. The minimum atomic E-state index is -0.838. The first-order valence-corrected chi connectivity index (χ1v) is 9.85. The van der Waals surface area contributed by atoms with Crippen LogP contribution in [0.15, 0.2) is 15.1 Å². The Morgan fingerprint density at radius 3 is 2.79 bits per heavy atom. The lowest BCUT2D eigenvalue weighted by Crippen LogP contribution is -2.13. The number of aryl methyl sites for hydroxylation is 1. The Bertz CT molecular complexity index is 763. The van der Waals surface area contributed by atoms with Crippen LogP contribution in [0, 0.1) is 18.3 Å². The van der Waals surface area contributed by atoms with E-state index in [9.17, 15) is 14.9 Å². The summed E-state index contributed by atoms with van der Waals surface area (Å²) in [7, 11) is 0. The van der Waals surface area contributed by atoms with Crippen molar-refractivity contribution < 1.29 is 14.3 Å². The number of carbonyl (C=O) groups excluding carboxylic acids is 2. The average molecular weight is 382 g/mol. The molecule has 6 nitrogen and oxygen atoms in total. The van der Waals surface area contributed by atoms with E-state index in [1.165, 1.54) is 34.4 Å². The van der Waals surface area contributed by atoms with Crippen LogP contribution < -0.4 is 0 Å². The van der Waals surface area contributed by atoms with Crippen molar-refractivity contribution in [3.05, 3.63) is 27.2 Å². The summed E-state index contributed by atoms with van der Waals surface area (Å²) >= 11 is 3.95. The standard InChI is InChI=1S/C15H15N3O3S3/c1-3-21-13(20)4-10-7-23-15(18-10)24-8-12(19)11(5-16)14-17-9(2)6-22-14/h6-7,11H,3-4,8H2,1-2H3/t11-/m0/s1. The molecule has 0 spiro atoms. The van der Waals surface area contributed by atoms with Gasteiger partial charge in [0.2, 0.25) is 0 Å². The fourth-order valence-corrected chi connectivity index (χ4v) is 4.39. The molecule has 9 heteroatoms. The second kappa shape index (κ2) is 8.92. The number of hydrogen-bond acceptors (Lipinski definition) is 9. The SMILES string of the molecule is CCOC(=O)Cc1csc(SCC(=O)[C@H](C#N)c2nc(C)cs2)n1. The van der Waals surface area contributed by atoms with E-state index in [-0.39, 0.29) is 23.9 Å².